The molecule has 3 N–H and O–H groups in total. The van der Waals surface area contributed by atoms with Crippen LogP contribution in [0.2, 0.25) is 0 Å². The van der Waals surface area contributed by atoms with Crippen molar-refractivity contribution in [1.29, 1.82) is 0 Å². The maximum Gasteiger partial charge on any atom is 0.166 e. The zero-order valence-electron chi connectivity index (χ0n) is 9.92. The van der Waals surface area contributed by atoms with E-state index in [1.807, 2.05) is 18.2 Å². The fourth-order valence-corrected chi connectivity index (χ4v) is 1.44. The van der Waals surface area contributed by atoms with Crippen LogP contribution in [0.25, 0.3) is 0 Å². The van der Waals surface area contributed by atoms with Gasteiger partial charge in [-0.05, 0) is 17.8 Å². The van der Waals surface area contributed by atoms with Crippen LogP contribution in [0.1, 0.15) is 5.56 Å². The zero-order chi connectivity index (χ0) is 11.8. The highest BCUT2D eigenvalue weighted by Gasteiger charge is 1.97. The van der Waals surface area contributed by atoms with E-state index >= 15 is 0 Å². The number of likely N-dealkylation sites (N-methyl/N-ethyl adjacent to an activating group) is 1. The van der Waals surface area contributed by atoms with Gasteiger partial charge in [-0.1, -0.05) is 30.3 Å². The molecule has 3 nitrogen and oxygen atoms in total. The first-order valence-electron chi connectivity index (χ1n) is 5.53. The van der Waals surface area contributed by atoms with Gasteiger partial charge < -0.3 is 15.5 Å². The number of hydrogen-bond acceptors (Lipinski definition) is 1. The molecular weight excluding hydrogens is 218 g/mol. The van der Waals surface area contributed by atoms with Crippen molar-refractivity contribution in [2.24, 2.45) is 0 Å². The predicted octanol–water partition coefficient (Wildman–Crippen LogP) is -0.205. The summed E-state index contributed by atoms with van der Waals surface area (Å²) in [6, 6.07) is 10.2. The van der Waals surface area contributed by atoms with Gasteiger partial charge in [-0.2, -0.15) is 0 Å². The number of hydrogen-bond donors (Lipinski definition) is 3. The first-order valence-corrected chi connectivity index (χ1v) is 5.94. The van der Waals surface area contributed by atoms with Crippen LogP contribution in [0.5, 0.6) is 0 Å². The number of rotatable bonds is 5. The lowest BCUT2D eigenvalue weighted by Gasteiger charge is -2.11. The van der Waals surface area contributed by atoms with E-state index in [0.29, 0.717) is 0 Å². The molecule has 88 valence electrons. The summed E-state index contributed by atoms with van der Waals surface area (Å²) in [5.74, 6) is 0. The lowest BCUT2D eigenvalue weighted by atomic mass is 10.2. The van der Waals surface area contributed by atoms with Gasteiger partial charge in [0.25, 0.3) is 0 Å². The van der Waals surface area contributed by atoms with Gasteiger partial charge in [-0.15, -0.1) is 0 Å². The topological polar surface area (TPSA) is 28.5 Å². The standard InChI is InChI=1S/C12H19N3S/c1-15(2)9-8-13-12(16)14-10-11-6-4-3-5-7-11/h3-7H,8-10H2,1-2H3,(H2,13,14,16)/p+1. The molecule has 0 aromatic heterocycles. The average Bonchev–Trinajstić information content (AvgIpc) is 2.27. The van der Waals surface area contributed by atoms with Crippen LogP contribution in [0, 0.1) is 0 Å². The monoisotopic (exact) mass is 238 g/mol. The molecule has 0 saturated carbocycles. The third-order valence-electron chi connectivity index (χ3n) is 2.21. The van der Waals surface area contributed by atoms with E-state index in [4.69, 9.17) is 12.2 Å². The van der Waals surface area contributed by atoms with E-state index in [0.717, 1.165) is 24.7 Å². The van der Waals surface area contributed by atoms with Crippen LogP contribution < -0.4 is 15.5 Å². The molecule has 16 heavy (non-hydrogen) atoms. The van der Waals surface area contributed by atoms with Crippen molar-refractivity contribution in [3.63, 3.8) is 0 Å². The SMILES string of the molecule is C[NH+](C)CCNC(=S)NCc1ccccc1. The Balaban J connectivity index is 2.16. The van der Waals surface area contributed by atoms with E-state index in [-0.39, 0.29) is 0 Å². The molecule has 0 aliphatic carbocycles. The minimum Gasteiger partial charge on any atom is -0.359 e. The van der Waals surface area contributed by atoms with Crippen molar-refractivity contribution in [3.05, 3.63) is 35.9 Å². The second-order valence-corrected chi connectivity index (χ2v) is 4.46. The maximum atomic E-state index is 5.17. The Morgan fingerprint density at radius 1 is 1.19 bits per heavy atom. The molecule has 0 spiro atoms. The predicted molar refractivity (Wildman–Crippen MR) is 71.6 cm³/mol. The normalized spacial score (nSPS) is 10.2. The van der Waals surface area contributed by atoms with Gasteiger partial charge >= 0.3 is 0 Å². The summed E-state index contributed by atoms with van der Waals surface area (Å²) in [6.07, 6.45) is 0. The molecule has 1 aromatic rings. The molecule has 0 bridgehead atoms. The largest absolute Gasteiger partial charge is 0.359 e. The van der Waals surface area contributed by atoms with Crippen LogP contribution >= 0.6 is 12.2 Å². The van der Waals surface area contributed by atoms with E-state index in [2.05, 4.69) is 36.9 Å². The second-order valence-electron chi connectivity index (χ2n) is 4.05. The molecule has 0 heterocycles. The highest BCUT2D eigenvalue weighted by atomic mass is 32.1. The van der Waals surface area contributed by atoms with Crippen LogP contribution in [0.3, 0.4) is 0 Å². The molecular formula is C12H20N3S+. The van der Waals surface area contributed by atoms with Gasteiger partial charge in [-0.3, -0.25) is 0 Å². The van der Waals surface area contributed by atoms with Gasteiger partial charge in [-0.25, -0.2) is 0 Å². The van der Waals surface area contributed by atoms with E-state index < -0.39 is 0 Å². The molecule has 0 radical (unpaired) electrons. The number of quaternary nitrogens is 1. The molecule has 0 aliphatic rings. The summed E-state index contributed by atoms with van der Waals surface area (Å²) in [7, 11) is 4.25. The minimum atomic E-state index is 0.727. The molecule has 0 amide bonds. The Morgan fingerprint density at radius 3 is 2.50 bits per heavy atom. The fraction of sp³-hybridized carbons (Fsp3) is 0.417. The van der Waals surface area contributed by atoms with E-state index in [1.165, 1.54) is 10.5 Å². The van der Waals surface area contributed by atoms with Crippen molar-refractivity contribution in [2.75, 3.05) is 27.2 Å². The minimum absolute atomic E-state index is 0.727. The van der Waals surface area contributed by atoms with Crippen LogP contribution in [-0.4, -0.2) is 32.3 Å². The van der Waals surface area contributed by atoms with Gasteiger partial charge in [0.15, 0.2) is 5.11 Å². The lowest BCUT2D eigenvalue weighted by Crippen LogP contribution is -3.06. The second kappa shape index (κ2) is 7.19. The van der Waals surface area contributed by atoms with Crippen LogP contribution in [-0.2, 0) is 6.54 Å². The molecule has 0 aliphatic heterocycles. The summed E-state index contributed by atoms with van der Waals surface area (Å²) in [6.45, 7) is 2.75. The van der Waals surface area contributed by atoms with Crippen LogP contribution in [0.15, 0.2) is 30.3 Å². The van der Waals surface area contributed by atoms with Crippen LogP contribution in [0.4, 0.5) is 0 Å². The summed E-state index contributed by atoms with van der Waals surface area (Å²) in [4.78, 5) is 1.42. The van der Waals surface area contributed by atoms with Crippen molar-refractivity contribution < 1.29 is 4.90 Å². The van der Waals surface area contributed by atoms with Crippen molar-refractivity contribution in [2.45, 2.75) is 6.54 Å². The number of benzene rings is 1. The maximum absolute atomic E-state index is 5.17. The summed E-state index contributed by atoms with van der Waals surface area (Å²) < 4.78 is 0. The molecule has 0 atom stereocenters. The van der Waals surface area contributed by atoms with E-state index in [1.54, 1.807) is 0 Å². The molecule has 0 saturated heterocycles. The molecule has 1 aromatic carbocycles. The Hall–Kier alpha value is -1.13. The Bertz CT molecular complexity index is 311. The summed E-state index contributed by atoms with van der Waals surface area (Å²) in [5.41, 5.74) is 1.24. The van der Waals surface area contributed by atoms with Crippen molar-refractivity contribution in [1.82, 2.24) is 10.6 Å². The third kappa shape index (κ3) is 5.68. The molecule has 0 fully saturated rings. The Morgan fingerprint density at radius 2 is 1.88 bits per heavy atom. The Labute approximate surface area is 103 Å². The van der Waals surface area contributed by atoms with Crippen molar-refractivity contribution >= 4 is 17.3 Å². The summed E-state index contributed by atoms with van der Waals surface area (Å²) >= 11 is 5.17. The van der Waals surface area contributed by atoms with Crippen molar-refractivity contribution in [3.8, 4) is 0 Å². The molecule has 4 heteroatoms. The molecule has 1 rings (SSSR count). The first kappa shape index (κ1) is 12.9. The van der Waals surface area contributed by atoms with Gasteiger partial charge in [0.05, 0.1) is 27.2 Å². The lowest BCUT2D eigenvalue weighted by molar-refractivity contribution is -0.856. The van der Waals surface area contributed by atoms with Gasteiger partial charge in [0.1, 0.15) is 0 Å². The highest BCUT2D eigenvalue weighted by Crippen LogP contribution is 1.96. The highest BCUT2D eigenvalue weighted by molar-refractivity contribution is 7.80. The first-order chi connectivity index (χ1) is 7.68. The average molecular weight is 238 g/mol. The smallest absolute Gasteiger partial charge is 0.166 e. The molecule has 0 unspecified atom stereocenters. The summed E-state index contributed by atoms with van der Waals surface area (Å²) in [5, 5.41) is 7.09. The Kier molecular flexibility index (Phi) is 5.82. The zero-order valence-corrected chi connectivity index (χ0v) is 10.7. The number of thiocarbonyl (C=S) groups is 1. The van der Waals surface area contributed by atoms with Gasteiger partial charge in [0.2, 0.25) is 0 Å². The fourth-order valence-electron chi connectivity index (χ4n) is 1.27. The third-order valence-corrected chi connectivity index (χ3v) is 2.50. The quantitative estimate of drug-likeness (QED) is 0.620. The van der Waals surface area contributed by atoms with Gasteiger partial charge in [0, 0.05) is 6.54 Å². The number of nitrogens with one attached hydrogen (secondary N) is 3. The van der Waals surface area contributed by atoms with E-state index in [9.17, 15) is 0 Å².